The van der Waals surface area contributed by atoms with E-state index < -0.39 is 0 Å². The normalized spacial score (nSPS) is 15.1. The molecule has 0 spiro atoms. The molecule has 0 aliphatic carbocycles. The molecular weight excluding hydrogens is 382 g/mol. The van der Waals surface area contributed by atoms with Gasteiger partial charge in [0.1, 0.15) is 11.5 Å². The average Bonchev–Trinajstić information content (AvgIpc) is 3.32. The highest BCUT2D eigenvalue weighted by atomic mass is 16.5. The zero-order valence-corrected chi connectivity index (χ0v) is 17.6. The van der Waals surface area contributed by atoms with Crippen LogP contribution in [0, 0.1) is 0 Å². The molecule has 31 heavy (non-hydrogen) atoms. The van der Waals surface area contributed by atoms with Crippen molar-refractivity contribution in [1.29, 1.82) is 0 Å². The summed E-state index contributed by atoms with van der Waals surface area (Å²) in [6.45, 7) is 3.26. The van der Waals surface area contributed by atoms with Crippen molar-refractivity contribution in [3.8, 4) is 22.8 Å². The zero-order chi connectivity index (χ0) is 20.9. The lowest BCUT2D eigenvalue weighted by molar-refractivity contribution is 0.173. The number of ether oxygens (including phenoxy) is 1. The quantitative estimate of drug-likeness (QED) is 0.381. The SMILES string of the molecule is c1ccc(CN2CCC(n3ccc(-c4ccc(Oc5ccccc5)cc4)n3)CC2)cc1. The van der Waals surface area contributed by atoms with Crippen molar-refractivity contribution in [1.82, 2.24) is 14.7 Å². The Labute approximate surface area is 183 Å². The molecule has 0 bridgehead atoms. The lowest BCUT2D eigenvalue weighted by Gasteiger charge is -2.32. The summed E-state index contributed by atoms with van der Waals surface area (Å²) >= 11 is 0. The summed E-state index contributed by atoms with van der Waals surface area (Å²) in [4.78, 5) is 2.54. The molecule has 5 rings (SSSR count). The van der Waals surface area contributed by atoms with Gasteiger partial charge >= 0.3 is 0 Å². The lowest BCUT2D eigenvalue weighted by Crippen LogP contribution is -2.34. The number of likely N-dealkylation sites (tertiary alicyclic amines) is 1. The number of aromatic nitrogens is 2. The first-order valence-electron chi connectivity index (χ1n) is 11.0. The van der Waals surface area contributed by atoms with Gasteiger partial charge < -0.3 is 4.74 Å². The highest BCUT2D eigenvalue weighted by Crippen LogP contribution is 2.27. The molecule has 3 aromatic carbocycles. The minimum Gasteiger partial charge on any atom is -0.457 e. The molecule has 156 valence electrons. The predicted molar refractivity (Wildman–Crippen MR) is 124 cm³/mol. The van der Waals surface area contributed by atoms with Crippen LogP contribution in [0.5, 0.6) is 11.5 Å². The summed E-state index contributed by atoms with van der Waals surface area (Å²) in [7, 11) is 0. The van der Waals surface area contributed by atoms with Crippen LogP contribution in [0.4, 0.5) is 0 Å². The van der Waals surface area contributed by atoms with Gasteiger partial charge in [0.25, 0.3) is 0 Å². The molecule has 1 saturated heterocycles. The topological polar surface area (TPSA) is 30.3 Å². The first kappa shape index (κ1) is 19.6. The number of rotatable bonds is 6. The molecular formula is C27H27N3O. The van der Waals surface area contributed by atoms with E-state index in [4.69, 9.17) is 9.84 Å². The first-order chi connectivity index (χ1) is 15.3. The Morgan fingerprint density at radius 2 is 1.39 bits per heavy atom. The molecule has 1 aliphatic rings. The monoisotopic (exact) mass is 409 g/mol. The second kappa shape index (κ2) is 9.19. The number of para-hydroxylation sites is 1. The first-order valence-corrected chi connectivity index (χ1v) is 11.0. The van der Waals surface area contributed by atoms with E-state index in [0.717, 1.165) is 55.2 Å². The van der Waals surface area contributed by atoms with E-state index in [0.29, 0.717) is 6.04 Å². The third-order valence-electron chi connectivity index (χ3n) is 5.92. The van der Waals surface area contributed by atoms with Gasteiger partial charge in [0.05, 0.1) is 11.7 Å². The molecule has 0 unspecified atom stereocenters. The molecule has 4 nitrogen and oxygen atoms in total. The second-order valence-electron chi connectivity index (χ2n) is 8.11. The molecule has 0 N–H and O–H groups in total. The van der Waals surface area contributed by atoms with Gasteiger partial charge in [-0.1, -0.05) is 48.5 Å². The fraction of sp³-hybridized carbons (Fsp3) is 0.222. The number of piperidine rings is 1. The van der Waals surface area contributed by atoms with E-state index in [-0.39, 0.29) is 0 Å². The van der Waals surface area contributed by atoms with Gasteiger partial charge in [0.15, 0.2) is 0 Å². The van der Waals surface area contributed by atoms with Gasteiger partial charge in [-0.2, -0.15) is 5.10 Å². The van der Waals surface area contributed by atoms with Crippen LogP contribution in [0.3, 0.4) is 0 Å². The molecule has 4 aromatic rings. The minimum atomic E-state index is 0.474. The average molecular weight is 410 g/mol. The fourth-order valence-electron chi connectivity index (χ4n) is 4.20. The van der Waals surface area contributed by atoms with Crippen molar-refractivity contribution in [3.05, 3.63) is 103 Å². The van der Waals surface area contributed by atoms with E-state index in [2.05, 4.69) is 64.3 Å². The van der Waals surface area contributed by atoms with Crippen LogP contribution in [0.2, 0.25) is 0 Å². The Bertz CT molecular complexity index is 1080. The minimum absolute atomic E-state index is 0.474. The Morgan fingerprint density at radius 1 is 0.742 bits per heavy atom. The van der Waals surface area contributed by atoms with Crippen molar-refractivity contribution < 1.29 is 4.74 Å². The van der Waals surface area contributed by atoms with Crippen molar-refractivity contribution in [3.63, 3.8) is 0 Å². The molecule has 2 heterocycles. The third-order valence-corrected chi connectivity index (χ3v) is 5.92. The lowest BCUT2D eigenvalue weighted by atomic mass is 10.0. The van der Waals surface area contributed by atoms with Crippen molar-refractivity contribution in [2.45, 2.75) is 25.4 Å². The van der Waals surface area contributed by atoms with Crippen molar-refractivity contribution in [2.75, 3.05) is 13.1 Å². The Hall–Kier alpha value is -3.37. The molecule has 0 amide bonds. The molecule has 4 heteroatoms. The summed E-state index contributed by atoms with van der Waals surface area (Å²) in [5.41, 5.74) is 3.51. The second-order valence-corrected chi connectivity index (χ2v) is 8.11. The standard InChI is InChI=1S/C27H27N3O/c1-3-7-22(8-4-1)21-29-18-15-24(16-19-29)30-20-17-27(28-30)23-11-13-26(14-12-23)31-25-9-5-2-6-10-25/h1-14,17,20,24H,15-16,18-19,21H2. The molecule has 1 fully saturated rings. The van der Waals surface area contributed by atoms with Gasteiger partial charge in [-0.25, -0.2) is 0 Å². The van der Waals surface area contributed by atoms with Crippen LogP contribution < -0.4 is 4.74 Å². The maximum absolute atomic E-state index is 5.89. The molecule has 0 atom stereocenters. The van der Waals surface area contributed by atoms with Crippen LogP contribution in [0.15, 0.2) is 97.2 Å². The highest BCUT2D eigenvalue weighted by Gasteiger charge is 2.21. The summed E-state index contributed by atoms with van der Waals surface area (Å²) < 4.78 is 8.05. The van der Waals surface area contributed by atoms with Gasteiger partial charge in [-0.3, -0.25) is 9.58 Å². The van der Waals surface area contributed by atoms with Crippen LogP contribution in [-0.4, -0.2) is 27.8 Å². The largest absolute Gasteiger partial charge is 0.457 e. The number of hydrogen-bond donors (Lipinski definition) is 0. The van der Waals surface area contributed by atoms with E-state index in [9.17, 15) is 0 Å². The molecule has 0 radical (unpaired) electrons. The molecule has 1 aromatic heterocycles. The molecule has 0 saturated carbocycles. The summed E-state index contributed by atoms with van der Waals surface area (Å²) in [6, 6.07) is 31.3. The van der Waals surface area contributed by atoms with Crippen LogP contribution in [-0.2, 0) is 6.54 Å². The van der Waals surface area contributed by atoms with Gasteiger partial charge in [0.2, 0.25) is 0 Å². The van der Waals surface area contributed by atoms with E-state index >= 15 is 0 Å². The van der Waals surface area contributed by atoms with E-state index in [1.165, 1.54) is 5.56 Å². The summed E-state index contributed by atoms with van der Waals surface area (Å²) in [5, 5.41) is 4.88. The zero-order valence-electron chi connectivity index (χ0n) is 17.6. The van der Waals surface area contributed by atoms with Crippen LogP contribution >= 0.6 is 0 Å². The smallest absolute Gasteiger partial charge is 0.127 e. The summed E-state index contributed by atoms with van der Waals surface area (Å²) in [5.74, 6) is 1.68. The van der Waals surface area contributed by atoms with Crippen molar-refractivity contribution in [2.24, 2.45) is 0 Å². The van der Waals surface area contributed by atoms with Crippen molar-refractivity contribution >= 4 is 0 Å². The highest BCUT2D eigenvalue weighted by molar-refractivity contribution is 5.59. The maximum Gasteiger partial charge on any atom is 0.127 e. The van der Waals surface area contributed by atoms with Crippen LogP contribution in [0.25, 0.3) is 11.3 Å². The Balaban J connectivity index is 1.18. The number of benzene rings is 3. The predicted octanol–water partition coefficient (Wildman–Crippen LogP) is 6.18. The van der Waals surface area contributed by atoms with E-state index in [1.54, 1.807) is 0 Å². The third kappa shape index (κ3) is 4.86. The van der Waals surface area contributed by atoms with E-state index in [1.807, 2.05) is 42.5 Å². The fourth-order valence-corrected chi connectivity index (χ4v) is 4.20. The summed E-state index contributed by atoms with van der Waals surface area (Å²) in [6.07, 6.45) is 4.40. The van der Waals surface area contributed by atoms with Gasteiger partial charge in [-0.15, -0.1) is 0 Å². The van der Waals surface area contributed by atoms with Gasteiger partial charge in [-0.05, 0) is 60.9 Å². The Morgan fingerprint density at radius 3 is 2.10 bits per heavy atom. The number of nitrogens with zero attached hydrogens (tertiary/aromatic N) is 3. The molecule has 1 aliphatic heterocycles. The van der Waals surface area contributed by atoms with Crippen LogP contribution in [0.1, 0.15) is 24.4 Å². The Kier molecular flexibility index (Phi) is 5.81. The van der Waals surface area contributed by atoms with Gasteiger partial charge in [0, 0.05) is 31.4 Å². The maximum atomic E-state index is 5.89. The number of hydrogen-bond acceptors (Lipinski definition) is 3.